The third-order valence-corrected chi connectivity index (χ3v) is 18.3. The molecule has 87 heavy (non-hydrogen) atoms. The quantitative estimate of drug-likeness (QED) is 0.167. The molecule has 5 aromatic heterocycles. The number of nitrogens with zero attached hydrogens (tertiary/aromatic N) is 6. The van der Waals surface area contributed by atoms with Crippen LogP contribution in [-0.2, 0) is 16.2 Å². The zero-order chi connectivity index (χ0) is 59.4. The van der Waals surface area contributed by atoms with E-state index >= 15 is 0 Å². The van der Waals surface area contributed by atoms with Crippen LogP contribution in [0.2, 0.25) is 0 Å². The Morgan fingerprint density at radius 2 is 0.701 bits per heavy atom. The van der Waals surface area contributed by atoms with Crippen LogP contribution in [0, 0.1) is 11.3 Å². The molecule has 0 atom stereocenters. The largest absolute Gasteiger partial charge is 0.436 e. The van der Waals surface area contributed by atoms with Gasteiger partial charge in [-0.25, -0.2) is 4.98 Å². The van der Waals surface area contributed by atoms with Gasteiger partial charge in [0.2, 0.25) is 5.89 Å². The van der Waals surface area contributed by atoms with Crippen molar-refractivity contribution in [2.45, 2.75) is 78.6 Å². The molecule has 5 heterocycles. The maximum absolute atomic E-state index is 12.9. The molecule has 16 aromatic rings. The lowest BCUT2D eigenvalue weighted by molar-refractivity contribution is 0.591. The highest BCUT2D eigenvalue weighted by atomic mass is 16.3. The molecule has 0 N–H and O–H groups in total. The summed E-state index contributed by atoms with van der Waals surface area (Å²) in [5, 5.41) is 22.0. The molecule has 0 fully saturated rings. The second kappa shape index (κ2) is 18.8. The smallest absolute Gasteiger partial charge is 0.230 e. The number of fused-ring (bicyclic) bond motifs is 13. The molecule has 11 aromatic carbocycles. The van der Waals surface area contributed by atoms with Gasteiger partial charge < -0.3 is 22.7 Å². The zero-order valence-corrected chi connectivity index (χ0v) is 50.5. The van der Waals surface area contributed by atoms with Gasteiger partial charge in [-0.05, 0) is 129 Å². The van der Waals surface area contributed by atoms with E-state index in [-0.39, 0.29) is 16.2 Å². The number of nitriles is 1. The number of rotatable bonds is 6. The predicted molar refractivity (Wildman–Crippen MR) is 363 cm³/mol. The molecule has 7 heteroatoms. The molecule has 420 valence electrons. The normalized spacial score (nSPS) is 12.6. The maximum Gasteiger partial charge on any atom is 0.230 e. The summed E-state index contributed by atoms with van der Waals surface area (Å²) < 4.78 is 17.0. The number of benzene rings is 11. The number of para-hydroxylation sites is 7. The molecule has 0 radical (unpaired) electrons. The number of hydrogen-bond acceptors (Lipinski definition) is 3. The van der Waals surface area contributed by atoms with Gasteiger partial charge in [0.15, 0.2) is 5.58 Å². The third-order valence-electron chi connectivity index (χ3n) is 18.3. The van der Waals surface area contributed by atoms with E-state index in [9.17, 15) is 5.26 Å². The number of aromatic nitrogens is 5. The lowest BCUT2D eigenvalue weighted by Gasteiger charge is -2.28. The van der Waals surface area contributed by atoms with Crippen LogP contribution in [0.25, 0.3) is 144 Å². The minimum Gasteiger partial charge on any atom is -0.436 e. The van der Waals surface area contributed by atoms with Crippen LogP contribution in [0.5, 0.6) is 0 Å². The molecule has 7 nitrogen and oxygen atoms in total. The van der Waals surface area contributed by atoms with Crippen LogP contribution in [0.3, 0.4) is 0 Å². The first-order chi connectivity index (χ1) is 42.0. The van der Waals surface area contributed by atoms with Crippen molar-refractivity contribution >= 4 is 98.3 Å². The predicted octanol–water partition coefficient (Wildman–Crippen LogP) is 21.3. The van der Waals surface area contributed by atoms with Crippen molar-refractivity contribution in [3.63, 3.8) is 0 Å². The zero-order valence-electron chi connectivity index (χ0n) is 50.5. The summed E-state index contributed by atoms with van der Waals surface area (Å²) >= 11 is 0. The first kappa shape index (κ1) is 52.2. The first-order valence-corrected chi connectivity index (χ1v) is 30.3. The van der Waals surface area contributed by atoms with Gasteiger partial charge in [0.1, 0.15) is 11.6 Å². The van der Waals surface area contributed by atoms with Gasteiger partial charge in [-0.2, -0.15) is 5.26 Å². The van der Waals surface area contributed by atoms with E-state index in [4.69, 9.17) is 9.40 Å². The molecule has 0 saturated heterocycles. The second-order valence-electron chi connectivity index (χ2n) is 26.7. The summed E-state index contributed by atoms with van der Waals surface area (Å²) in [5.41, 5.74) is 19.0. The molecule has 0 unspecified atom stereocenters. The molecule has 16 rings (SSSR count). The number of hydrogen-bond donors (Lipinski definition) is 0. The molecule has 0 amide bonds. The summed E-state index contributed by atoms with van der Waals surface area (Å²) in [6.07, 6.45) is 0. The van der Waals surface area contributed by atoms with Crippen LogP contribution < -0.4 is 0 Å². The fourth-order valence-electron chi connectivity index (χ4n) is 14.0. The Balaban J connectivity index is 1.18. The fraction of sp³-hybridized carbons (Fsp3) is 0.150. The Morgan fingerprint density at radius 3 is 1.11 bits per heavy atom. The first-order valence-electron chi connectivity index (χ1n) is 30.3. The van der Waals surface area contributed by atoms with Gasteiger partial charge in [-0.1, -0.05) is 196 Å². The van der Waals surface area contributed by atoms with E-state index in [0.717, 1.165) is 110 Å². The summed E-state index contributed by atoms with van der Waals surface area (Å²) in [6, 6.07) is 84.3. The fourth-order valence-corrected chi connectivity index (χ4v) is 14.0. The summed E-state index contributed by atoms with van der Waals surface area (Å²) in [7, 11) is 0. The van der Waals surface area contributed by atoms with Crippen LogP contribution in [0.1, 0.15) is 84.6 Å². The molecule has 0 aliphatic rings. The Morgan fingerprint density at radius 1 is 0.345 bits per heavy atom. The molecule has 0 spiro atoms. The van der Waals surface area contributed by atoms with Crippen LogP contribution in [-0.4, -0.2) is 23.3 Å². The average Bonchev–Trinajstić information content (AvgIpc) is 1.64. The van der Waals surface area contributed by atoms with Crippen LogP contribution >= 0.6 is 0 Å². The average molecular weight is 1130 g/mol. The third kappa shape index (κ3) is 7.83. The van der Waals surface area contributed by atoms with Gasteiger partial charge in [0, 0.05) is 54.3 Å². The van der Waals surface area contributed by atoms with Gasteiger partial charge in [-0.15, -0.1) is 0 Å². The van der Waals surface area contributed by atoms with Crippen molar-refractivity contribution in [3.8, 4) is 51.4 Å². The lowest BCUT2D eigenvalue weighted by atomic mass is 9.86. The van der Waals surface area contributed by atoms with E-state index in [0.29, 0.717) is 28.2 Å². The highest BCUT2D eigenvalue weighted by Crippen LogP contribution is 2.53. The van der Waals surface area contributed by atoms with E-state index in [1.54, 1.807) is 0 Å². The van der Waals surface area contributed by atoms with E-state index in [1.807, 2.05) is 24.3 Å². The Bertz CT molecular complexity index is 5500. The van der Waals surface area contributed by atoms with Gasteiger partial charge in [-0.3, -0.25) is 0 Å². The monoisotopic (exact) mass is 1120 g/mol. The molecular weight excluding hydrogens is 1060 g/mol. The van der Waals surface area contributed by atoms with Crippen molar-refractivity contribution in [1.82, 2.24) is 23.3 Å². The Kier molecular flexibility index (Phi) is 11.3. The highest BCUT2D eigenvalue weighted by molar-refractivity contribution is 6.17. The highest BCUT2D eigenvalue weighted by Gasteiger charge is 2.36. The van der Waals surface area contributed by atoms with E-state index < -0.39 is 0 Å². The van der Waals surface area contributed by atoms with Crippen molar-refractivity contribution in [3.05, 3.63) is 247 Å². The molecular formula is C80H64N6O. The SMILES string of the molecule is CC(C)(C)c1ccc2c(c1)c1ccccc1n2-c1c(C#N)c(-c2ccc(-n3c4ccccc4c4ccccc43)cc2)c(-c2nc3ccccc3o2)c(-n2c3ccccc3c3cc(C(C)(C)C)ccc32)c1-n1c2ccccc2c2cc(C(C)(C)C)ccc21. The lowest BCUT2D eigenvalue weighted by Crippen LogP contribution is -2.15. The van der Waals surface area contributed by atoms with Crippen LogP contribution in [0.4, 0.5) is 0 Å². The molecule has 0 bridgehead atoms. The summed E-state index contributed by atoms with van der Waals surface area (Å²) in [5.74, 6) is 0.405. The van der Waals surface area contributed by atoms with Gasteiger partial charge in [0.25, 0.3) is 0 Å². The van der Waals surface area contributed by atoms with Gasteiger partial charge >= 0.3 is 0 Å². The van der Waals surface area contributed by atoms with E-state index in [2.05, 4.69) is 287 Å². The molecule has 0 aliphatic carbocycles. The van der Waals surface area contributed by atoms with Gasteiger partial charge in [0.05, 0.1) is 72.3 Å². The maximum atomic E-state index is 12.9. The van der Waals surface area contributed by atoms with Crippen molar-refractivity contribution in [1.29, 1.82) is 5.26 Å². The van der Waals surface area contributed by atoms with Crippen molar-refractivity contribution in [2.24, 2.45) is 0 Å². The second-order valence-corrected chi connectivity index (χ2v) is 26.7. The summed E-state index contributed by atoms with van der Waals surface area (Å²) in [6.45, 7) is 20.5. The van der Waals surface area contributed by atoms with Crippen LogP contribution in [0.15, 0.2) is 229 Å². The van der Waals surface area contributed by atoms with Crippen molar-refractivity contribution in [2.75, 3.05) is 0 Å². The van der Waals surface area contributed by atoms with Crippen molar-refractivity contribution < 1.29 is 4.42 Å². The minimum atomic E-state index is -0.135. The van der Waals surface area contributed by atoms with E-state index in [1.165, 1.54) is 27.5 Å². The standard InChI is InChI=1S/C80H64N6O/c1-78(2,3)49-36-41-68-58(44-49)55-24-12-18-30-65(55)84(68)74-61(47-81)72(48-34-39-52(40-35-48)83-63-28-16-10-22-53(63)54-23-11-17-29-64(54)83)73(77-82-62-27-15-21-33-71(62)87-77)75(85-66-31-19-13-25-56(66)59-45-50(79(4,5)6)37-42-69(59)85)76(74)86-67-32-20-14-26-57(67)60-46-51(80(7,8)9)38-43-70(60)86/h10-46H,1-9H3. The summed E-state index contributed by atoms with van der Waals surface area (Å²) in [4.78, 5) is 5.55. The Labute approximate surface area is 505 Å². The molecule has 0 aliphatic heterocycles. The topological polar surface area (TPSA) is 69.5 Å². The minimum absolute atomic E-state index is 0.133. The number of oxazole rings is 1. The molecule has 0 saturated carbocycles. The Hall–Kier alpha value is -10.4.